The summed E-state index contributed by atoms with van der Waals surface area (Å²) in [7, 11) is -2.87. The Labute approximate surface area is 144 Å². The molecule has 1 aromatic carbocycles. The number of fused-ring (bicyclic) bond motifs is 1. The van der Waals surface area contributed by atoms with E-state index in [0.29, 0.717) is 18.8 Å². The predicted molar refractivity (Wildman–Crippen MR) is 94.9 cm³/mol. The van der Waals surface area contributed by atoms with Gasteiger partial charge in [0.1, 0.15) is 9.84 Å². The van der Waals surface area contributed by atoms with Crippen molar-refractivity contribution in [2.75, 3.05) is 23.0 Å². The topological polar surface area (TPSA) is 54.5 Å². The summed E-state index contributed by atoms with van der Waals surface area (Å²) >= 11 is 0. The van der Waals surface area contributed by atoms with Crippen LogP contribution in [0.25, 0.3) is 0 Å². The minimum atomic E-state index is -2.87. The number of carbonyl (C=O) groups excluding carboxylic acids is 1. The molecule has 2 atom stereocenters. The van der Waals surface area contributed by atoms with E-state index < -0.39 is 9.84 Å². The molecule has 1 saturated carbocycles. The summed E-state index contributed by atoms with van der Waals surface area (Å²) in [4.78, 5) is 15.2. The summed E-state index contributed by atoms with van der Waals surface area (Å²) in [6.45, 7) is 3.02. The Bertz CT molecular complexity index is 757. The number of anilines is 1. The van der Waals surface area contributed by atoms with E-state index in [1.165, 1.54) is 5.56 Å². The molecule has 3 aliphatic rings. The zero-order chi connectivity index (χ0) is 16.9. The van der Waals surface area contributed by atoms with Crippen molar-refractivity contribution >= 4 is 21.4 Å². The number of carbonyl (C=O) groups is 1. The Morgan fingerprint density at radius 1 is 1.21 bits per heavy atom. The molecule has 0 bridgehead atoms. The van der Waals surface area contributed by atoms with E-state index >= 15 is 0 Å². The molecule has 4 nitrogen and oxygen atoms in total. The van der Waals surface area contributed by atoms with E-state index in [2.05, 4.69) is 19.1 Å². The first kappa shape index (κ1) is 16.1. The summed E-state index contributed by atoms with van der Waals surface area (Å²) in [6.07, 6.45) is 4.33. The molecule has 1 saturated heterocycles. The first-order valence-corrected chi connectivity index (χ1v) is 10.8. The average Bonchev–Trinajstić information content (AvgIpc) is 3.31. The molecule has 24 heavy (non-hydrogen) atoms. The quantitative estimate of drug-likeness (QED) is 0.784. The van der Waals surface area contributed by atoms with Crippen LogP contribution < -0.4 is 4.90 Å². The largest absolute Gasteiger partial charge is 0.312 e. The Hall–Kier alpha value is -1.36. The molecule has 4 rings (SSSR count). The van der Waals surface area contributed by atoms with Gasteiger partial charge in [-0.05, 0) is 55.1 Å². The minimum Gasteiger partial charge on any atom is -0.312 e. The molecule has 0 radical (unpaired) electrons. The number of nitrogens with zero attached hydrogens (tertiary/aromatic N) is 1. The number of sulfone groups is 1. The first-order valence-electron chi connectivity index (χ1n) is 9.03. The van der Waals surface area contributed by atoms with Crippen molar-refractivity contribution in [2.45, 2.75) is 44.9 Å². The number of hydrogen-bond donors (Lipinski definition) is 0. The molecule has 1 amide bonds. The summed E-state index contributed by atoms with van der Waals surface area (Å²) in [5, 5.41) is 0. The molecule has 0 N–H and O–H groups in total. The maximum absolute atomic E-state index is 13.2. The monoisotopic (exact) mass is 347 g/mol. The summed E-state index contributed by atoms with van der Waals surface area (Å²) in [5.74, 6) is 1.23. The van der Waals surface area contributed by atoms with E-state index in [1.807, 2.05) is 17.0 Å². The van der Waals surface area contributed by atoms with Gasteiger partial charge in [0.2, 0.25) is 5.91 Å². The van der Waals surface area contributed by atoms with E-state index in [1.54, 1.807) is 0 Å². The molecular weight excluding hydrogens is 322 g/mol. The molecule has 0 aromatic heterocycles. The van der Waals surface area contributed by atoms with Gasteiger partial charge >= 0.3 is 0 Å². The second kappa shape index (κ2) is 5.58. The zero-order valence-electron chi connectivity index (χ0n) is 14.2. The van der Waals surface area contributed by atoms with E-state index in [0.717, 1.165) is 31.5 Å². The fourth-order valence-electron chi connectivity index (χ4n) is 4.59. The van der Waals surface area contributed by atoms with Gasteiger partial charge in [-0.1, -0.05) is 25.1 Å². The molecule has 2 heterocycles. The molecule has 5 heteroatoms. The van der Waals surface area contributed by atoms with Gasteiger partial charge in [0, 0.05) is 18.2 Å². The maximum atomic E-state index is 13.2. The van der Waals surface area contributed by atoms with Gasteiger partial charge in [0.05, 0.1) is 11.5 Å². The number of benzene rings is 1. The van der Waals surface area contributed by atoms with Crippen molar-refractivity contribution in [1.82, 2.24) is 0 Å². The maximum Gasteiger partial charge on any atom is 0.230 e. The highest BCUT2D eigenvalue weighted by molar-refractivity contribution is 7.91. The van der Waals surface area contributed by atoms with Crippen LogP contribution in [0.5, 0.6) is 0 Å². The number of hydrogen-bond acceptors (Lipinski definition) is 3. The van der Waals surface area contributed by atoms with Crippen LogP contribution >= 0.6 is 0 Å². The fourth-order valence-corrected chi connectivity index (χ4v) is 6.23. The molecular formula is C19H25NO3S. The molecule has 1 aliphatic carbocycles. The van der Waals surface area contributed by atoms with Crippen LogP contribution in [-0.4, -0.2) is 32.4 Å². The summed E-state index contributed by atoms with van der Waals surface area (Å²) in [6, 6.07) is 8.26. The van der Waals surface area contributed by atoms with Crippen LogP contribution in [0, 0.1) is 11.3 Å². The van der Waals surface area contributed by atoms with E-state index in [4.69, 9.17) is 0 Å². The summed E-state index contributed by atoms with van der Waals surface area (Å²) < 4.78 is 23.4. The zero-order valence-corrected chi connectivity index (χ0v) is 15.0. The van der Waals surface area contributed by atoms with Crippen molar-refractivity contribution in [3.8, 4) is 0 Å². The van der Waals surface area contributed by atoms with E-state index in [9.17, 15) is 13.2 Å². The third kappa shape index (κ3) is 2.67. The lowest BCUT2D eigenvalue weighted by Crippen LogP contribution is -2.36. The van der Waals surface area contributed by atoms with Crippen molar-refractivity contribution in [1.29, 1.82) is 0 Å². The van der Waals surface area contributed by atoms with Crippen LogP contribution in [0.4, 0.5) is 5.69 Å². The van der Waals surface area contributed by atoms with Crippen LogP contribution in [0.15, 0.2) is 24.3 Å². The first-order chi connectivity index (χ1) is 11.4. The van der Waals surface area contributed by atoms with Gasteiger partial charge in [0.25, 0.3) is 0 Å². The van der Waals surface area contributed by atoms with Gasteiger partial charge in [0.15, 0.2) is 0 Å². The minimum absolute atomic E-state index is 0.0227. The van der Waals surface area contributed by atoms with E-state index in [-0.39, 0.29) is 28.7 Å². The molecule has 2 aliphatic heterocycles. The van der Waals surface area contributed by atoms with Crippen molar-refractivity contribution in [3.63, 3.8) is 0 Å². The smallest absolute Gasteiger partial charge is 0.230 e. The van der Waals surface area contributed by atoms with Crippen molar-refractivity contribution in [2.24, 2.45) is 11.3 Å². The third-order valence-electron chi connectivity index (χ3n) is 6.35. The van der Waals surface area contributed by atoms with Gasteiger partial charge in [-0.15, -0.1) is 0 Å². The highest BCUT2D eigenvalue weighted by Crippen LogP contribution is 2.60. The molecule has 1 aromatic rings. The SMILES string of the molecule is CC1CCCN(C(=O)C2CC23CCS(=O)(=O)CC3)c2ccccc21. The lowest BCUT2D eigenvalue weighted by molar-refractivity contribution is -0.120. The molecule has 130 valence electrons. The van der Waals surface area contributed by atoms with Crippen molar-refractivity contribution < 1.29 is 13.2 Å². The van der Waals surface area contributed by atoms with Gasteiger partial charge in [-0.3, -0.25) is 4.79 Å². The Kier molecular flexibility index (Phi) is 3.75. The van der Waals surface area contributed by atoms with Gasteiger partial charge in [-0.25, -0.2) is 8.42 Å². The fraction of sp³-hybridized carbons (Fsp3) is 0.632. The van der Waals surface area contributed by atoms with Crippen LogP contribution in [-0.2, 0) is 14.6 Å². The summed E-state index contributed by atoms with van der Waals surface area (Å²) in [5.41, 5.74) is 2.30. The predicted octanol–water partition coefficient (Wildman–Crippen LogP) is 3.13. The third-order valence-corrected chi connectivity index (χ3v) is 8.01. The number of amides is 1. The van der Waals surface area contributed by atoms with Crippen LogP contribution in [0.3, 0.4) is 0 Å². The average molecular weight is 347 g/mol. The highest BCUT2D eigenvalue weighted by atomic mass is 32.2. The highest BCUT2D eigenvalue weighted by Gasteiger charge is 2.60. The molecule has 2 unspecified atom stereocenters. The van der Waals surface area contributed by atoms with Gasteiger partial charge < -0.3 is 4.90 Å². The second-order valence-electron chi connectivity index (χ2n) is 7.86. The molecule has 2 fully saturated rings. The Morgan fingerprint density at radius 3 is 2.67 bits per heavy atom. The lowest BCUT2D eigenvalue weighted by atomic mass is 9.95. The standard InChI is InChI=1S/C19H25NO3S/c1-14-5-4-10-20(17-7-3-2-6-15(14)17)18(21)16-13-19(16)8-11-24(22,23)12-9-19/h2-3,6-7,14,16H,4-5,8-13H2,1H3. The van der Waals surface area contributed by atoms with Crippen LogP contribution in [0.2, 0.25) is 0 Å². The van der Waals surface area contributed by atoms with Crippen molar-refractivity contribution in [3.05, 3.63) is 29.8 Å². The van der Waals surface area contributed by atoms with Gasteiger partial charge in [-0.2, -0.15) is 0 Å². The lowest BCUT2D eigenvalue weighted by Gasteiger charge is -2.27. The second-order valence-corrected chi connectivity index (χ2v) is 10.2. The van der Waals surface area contributed by atoms with Crippen LogP contribution in [0.1, 0.15) is 50.5 Å². The Balaban J connectivity index is 1.57. The Morgan fingerprint density at radius 2 is 1.92 bits per heavy atom. The number of rotatable bonds is 1. The number of para-hydroxylation sites is 1. The molecule has 1 spiro atoms. The normalized spacial score (nSPS) is 30.5.